The van der Waals surface area contributed by atoms with E-state index in [4.69, 9.17) is 10.6 Å². The zero-order valence-corrected chi connectivity index (χ0v) is 5.33. The summed E-state index contributed by atoms with van der Waals surface area (Å²) in [5.74, 6) is -0.113. The van der Waals surface area contributed by atoms with Crippen molar-refractivity contribution in [2.24, 2.45) is 5.73 Å². The number of nitrogens with two attached hydrogens (primary N) is 1. The molecule has 52 valence electrons. The van der Waals surface area contributed by atoms with E-state index in [1.807, 2.05) is 0 Å². The lowest BCUT2D eigenvalue weighted by molar-refractivity contribution is -0.167. The molecule has 0 saturated carbocycles. The molecule has 1 heterocycles. The molecule has 0 spiro atoms. The second-order valence-electron chi connectivity index (χ2n) is 2.02. The zero-order valence-electron chi connectivity index (χ0n) is 5.33. The Balaban J connectivity index is 2.51. The first kappa shape index (κ1) is 6.51. The summed E-state index contributed by atoms with van der Waals surface area (Å²) in [4.78, 5) is 15.5. The molecule has 1 atom stereocenters. The van der Waals surface area contributed by atoms with Gasteiger partial charge in [-0.05, 0) is 6.42 Å². The molecular formula is C5H10N2O2. The lowest BCUT2D eigenvalue weighted by atomic mass is 10.3. The third-order valence-electron chi connectivity index (χ3n) is 1.43. The monoisotopic (exact) mass is 130 g/mol. The molecule has 1 aliphatic heterocycles. The van der Waals surface area contributed by atoms with E-state index < -0.39 is 0 Å². The van der Waals surface area contributed by atoms with Crippen molar-refractivity contribution < 1.29 is 9.63 Å². The van der Waals surface area contributed by atoms with Crippen LogP contribution in [-0.2, 0) is 9.63 Å². The van der Waals surface area contributed by atoms with Crippen molar-refractivity contribution in [1.82, 2.24) is 5.06 Å². The van der Waals surface area contributed by atoms with Crippen molar-refractivity contribution in [3.63, 3.8) is 0 Å². The van der Waals surface area contributed by atoms with Gasteiger partial charge in [0, 0.05) is 0 Å². The second-order valence-corrected chi connectivity index (χ2v) is 2.02. The van der Waals surface area contributed by atoms with Gasteiger partial charge in [0.1, 0.15) is 0 Å². The highest BCUT2D eigenvalue weighted by atomic mass is 16.7. The van der Waals surface area contributed by atoms with Crippen LogP contribution in [-0.4, -0.2) is 30.7 Å². The maximum atomic E-state index is 10.8. The van der Waals surface area contributed by atoms with Crippen LogP contribution < -0.4 is 5.73 Å². The molecule has 0 radical (unpaired) electrons. The Kier molecular flexibility index (Phi) is 1.68. The Morgan fingerprint density at radius 3 is 2.78 bits per heavy atom. The number of carbonyl (C=O) groups is 1. The van der Waals surface area contributed by atoms with Gasteiger partial charge >= 0.3 is 0 Å². The van der Waals surface area contributed by atoms with Crippen molar-refractivity contribution in [3.8, 4) is 0 Å². The van der Waals surface area contributed by atoms with Gasteiger partial charge in [0.25, 0.3) is 5.91 Å². The molecule has 0 bridgehead atoms. The average Bonchev–Trinajstić information content (AvgIpc) is 2.15. The third kappa shape index (κ3) is 1.04. The summed E-state index contributed by atoms with van der Waals surface area (Å²) < 4.78 is 0. The van der Waals surface area contributed by atoms with Crippen LogP contribution in [0.3, 0.4) is 0 Å². The van der Waals surface area contributed by atoms with E-state index in [0.29, 0.717) is 13.0 Å². The first-order valence-electron chi connectivity index (χ1n) is 2.87. The van der Waals surface area contributed by atoms with Gasteiger partial charge in [-0.15, -0.1) is 0 Å². The summed E-state index contributed by atoms with van der Waals surface area (Å²) in [6.45, 7) is 0.622. The molecule has 1 fully saturated rings. The first-order chi connectivity index (χ1) is 4.25. The molecule has 4 nitrogen and oxygen atoms in total. The molecule has 1 unspecified atom stereocenters. The van der Waals surface area contributed by atoms with E-state index >= 15 is 0 Å². The number of hydroxylamine groups is 2. The van der Waals surface area contributed by atoms with Crippen molar-refractivity contribution >= 4 is 5.91 Å². The molecule has 0 aromatic heterocycles. The summed E-state index contributed by atoms with van der Waals surface area (Å²) in [5.41, 5.74) is 5.37. The highest BCUT2D eigenvalue weighted by molar-refractivity contribution is 5.82. The number of hydrogen-bond donors (Lipinski definition) is 1. The molecule has 4 heteroatoms. The second kappa shape index (κ2) is 2.33. The van der Waals surface area contributed by atoms with Gasteiger partial charge in [0.05, 0.1) is 19.7 Å². The summed E-state index contributed by atoms with van der Waals surface area (Å²) >= 11 is 0. The van der Waals surface area contributed by atoms with Crippen LogP contribution in [0.4, 0.5) is 0 Å². The Bertz CT molecular complexity index is 126. The Hall–Kier alpha value is -0.610. The van der Waals surface area contributed by atoms with Crippen LogP contribution in [0.15, 0.2) is 0 Å². The highest BCUT2D eigenvalue weighted by Crippen LogP contribution is 2.07. The van der Waals surface area contributed by atoms with E-state index in [0.717, 1.165) is 0 Å². The van der Waals surface area contributed by atoms with Crippen LogP contribution in [0.5, 0.6) is 0 Å². The molecule has 1 rings (SSSR count). The highest BCUT2D eigenvalue weighted by Gasteiger charge is 2.28. The van der Waals surface area contributed by atoms with E-state index in [9.17, 15) is 4.79 Å². The molecule has 1 amide bonds. The number of carbonyl (C=O) groups excluding carboxylic acids is 1. The summed E-state index contributed by atoms with van der Waals surface area (Å²) in [6, 6.07) is -0.343. The maximum absolute atomic E-state index is 10.8. The van der Waals surface area contributed by atoms with Gasteiger partial charge in [-0.3, -0.25) is 9.63 Å². The van der Waals surface area contributed by atoms with E-state index in [2.05, 4.69) is 0 Å². The molecule has 0 aliphatic carbocycles. The smallest absolute Gasteiger partial charge is 0.263 e. The number of hydrogen-bond acceptors (Lipinski definition) is 3. The molecule has 1 saturated heterocycles. The predicted octanol–water partition coefficient (Wildman–Crippen LogP) is -0.893. The van der Waals surface area contributed by atoms with Gasteiger partial charge in [0.2, 0.25) is 0 Å². The van der Waals surface area contributed by atoms with E-state index in [1.165, 1.54) is 12.2 Å². The SMILES string of the molecule is CON1CCC(N)C1=O. The number of amides is 1. The molecule has 0 aromatic rings. The van der Waals surface area contributed by atoms with Gasteiger partial charge in [-0.2, -0.15) is 0 Å². The van der Waals surface area contributed by atoms with Crippen LogP contribution in [0, 0.1) is 0 Å². The molecule has 0 aromatic carbocycles. The Morgan fingerprint density at radius 1 is 1.89 bits per heavy atom. The predicted molar refractivity (Wildman–Crippen MR) is 31.3 cm³/mol. The summed E-state index contributed by atoms with van der Waals surface area (Å²) in [5, 5.41) is 1.28. The summed E-state index contributed by atoms with van der Waals surface area (Å²) in [7, 11) is 1.47. The van der Waals surface area contributed by atoms with Crippen molar-refractivity contribution in [1.29, 1.82) is 0 Å². The molecule has 9 heavy (non-hydrogen) atoms. The quantitative estimate of drug-likeness (QED) is 0.501. The lowest BCUT2D eigenvalue weighted by Gasteiger charge is -2.10. The Morgan fingerprint density at radius 2 is 2.56 bits per heavy atom. The minimum Gasteiger partial charge on any atom is -0.320 e. The number of nitrogens with zero attached hydrogens (tertiary/aromatic N) is 1. The molecule has 2 N–H and O–H groups in total. The van der Waals surface area contributed by atoms with E-state index in [1.54, 1.807) is 0 Å². The van der Waals surface area contributed by atoms with Gasteiger partial charge in [-0.1, -0.05) is 0 Å². The fraction of sp³-hybridized carbons (Fsp3) is 0.800. The fourth-order valence-corrected chi connectivity index (χ4v) is 0.856. The van der Waals surface area contributed by atoms with Crippen LogP contribution in [0.25, 0.3) is 0 Å². The normalized spacial score (nSPS) is 27.6. The molecular weight excluding hydrogens is 120 g/mol. The maximum Gasteiger partial charge on any atom is 0.263 e. The third-order valence-corrected chi connectivity index (χ3v) is 1.43. The van der Waals surface area contributed by atoms with Gasteiger partial charge < -0.3 is 5.73 Å². The van der Waals surface area contributed by atoms with Gasteiger partial charge in [-0.25, -0.2) is 5.06 Å². The standard InChI is InChI=1S/C5H10N2O2/c1-9-7-3-2-4(6)5(7)8/h4H,2-3,6H2,1H3. The van der Waals surface area contributed by atoms with E-state index in [-0.39, 0.29) is 11.9 Å². The number of rotatable bonds is 1. The van der Waals surface area contributed by atoms with Crippen LogP contribution in [0.1, 0.15) is 6.42 Å². The largest absolute Gasteiger partial charge is 0.320 e. The minimum atomic E-state index is -0.343. The zero-order chi connectivity index (χ0) is 6.85. The summed E-state index contributed by atoms with van der Waals surface area (Å²) in [6.07, 6.45) is 0.701. The topological polar surface area (TPSA) is 55.6 Å². The fourth-order valence-electron chi connectivity index (χ4n) is 0.856. The average molecular weight is 130 g/mol. The van der Waals surface area contributed by atoms with Crippen molar-refractivity contribution in [3.05, 3.63) is 0 Å². The van der Waals surface area contributed by atoms with Crippen LogP contribution in [0.2, 0.25) is 0 Å². The van der Waals surface area contributed by atoms with Gasteiger partial charge in [0.15, 0.2) is 0 Å². The van der Waals surface area contributed by atoms with Crippen molar-refractivity contribution in [2.75, 3.05) is 13.7 Å². The Labute approximate surface area is 53.5 Å². The lowest BCUT2D eigenvalue weighted by Crippen LogP contribution is -2.33. The first-order valence-corrected chi connectivity index (χ1v) is 2.87. The van der Waals surface area contributed by atoms with Crippen LogP contribution >= 0.6 is 0 Å². The van der Waals surface area contributed by atoms with Crippen molar-refractivity contribution in [2.45, 2.75) is 12.5 Å². The molecule has 1 aliphatic rings. The minimum absolute atomic E-state index is 0.113.